The third-order valence-electron chi connectivity index (χ3n) is 6.05. The van der Waals surface area contributed by atoms with Crippen molar-refractivity contribution < 1.29 is 14.3 Å². The largest absolute Gasteiger partial charge is 0.495 e. The van der Waals surface area contributed by atoms with Crippen LogP contribution in [0.2, 0.25) is 5.02 Å². The summed E-state index contributed by atoms with van der Waals surface area (Å²) in [5.41, 5.74) is 9.50. The molecule has 0 radical (unpaired) electrons. The van der Waals surface area contributed by atoms with Gasteiger partial charge in [-0.15, -0.1) is 0 Å². The summed E-state index contributed by atoms with van der Waals surface area (Å²) in [5.74, 6) is 0.326. The Hall–Kier alpha value is -2.28. The van der Waals surface area contributed by atoms with Crippen molar-refractivity contribution in [3.8, 4) is 5.75 Å². The van der Waals surface area contributed by atoms with Crippen LogP contribution in [0.4, 0.5) is 5.69 Å². The highest BCUT2D eigenvalue weighted by Gasteiger charge is 2.24. The number of amides is 1. The molecule has 0 bridgehead atoms. The summed E-state index contributed by atoms with van der Waals surface area (Å²) in [6.07, 6.45) is 1.85. The number of hydrogen-bond donors (Lipinski definition) is 1. The molecule has 7 heteroatoms. The molecule has 0 aliphatic carbocycles. The third-order valence-corrected chi connectivity index (χ3v) is 6.34. The van der Waals surface area contributed by atoms with E-state index in [0.29, 0.717) is 22.9 Å². The maximum Gasteiger partial charge on any atom is 0.248 e. The molecule has 2 aliphatic rings. The van der Waals surface area contributed by atoms with E-state index in [-0.39, 0.29) is 12.0 Å². The average molecular weight is 430 g/mol. The van der Waals surface area contributed by atoms with Gasteiger partial charge in [0, 0.05) is 44.0 Å². The van der Waals surface area contributed by atoms with Gasteiger partial charge in [-0.25, -0.2) is 0 Å². The molecule has 2 aromatic carbocycles. The van der Waals surface area contributed by atoms with Gasteiger partial charge in [0.25, 0.3) is 0 Å². The van der Waals surface area contributed by atoms with E-state index < -0.39 is 0 Å². The number of nitrogens with two attached hydrogens (primary N) is 1. The van der Waals surface area contributed by atoms with E-state index in [1.165, 1.54) is 11.1 Å². The van der Waals surface area contributed by atoms with Crippen molar-refractivity contribution in [1.82, 2.24) is 4.90 Å². The summed E-state index contributed by atoms with van der Waals surface area (Å²) in [6.45, 7) is 5.61. The fraction of sp³-hybridized carbons (Fsp3) is 0.435. The van der Waals surface area contributed by atoms with E-state index in [9.17, 15) is 4.79 Å². The Balaban J connectivity index is 1.31. The highest BCUT2D eigenvalue weighted by Crippen LogP contribution is 2.32. The van der Waals surface area contributed by atoms with Crippen LogP contribution in [0.5, 0.6) is 5.75 Å². The molecule has 2 heterocycles. The second-order valence-corrected chi connectivity index (χ2v) is 8.23. The van der Waals surface area contributed by atoms with Gasteiger partial charge in [0.15, 0.2) is 0 Å². The number of carbonyl (C=O) groups is 1. The number of piperazine rings is 1. The summed E-state index contributed by atoms with van der Waals surface area (Å²) >= 11 is 6.28. The highest BCUT2D eigenvalue weighted by molar-refractivity contribution is 6.32. The Morgan fingerprint density at radius 2 is 2.00 bits per heavy atom. The standard InChI is InChI=1S/C23H28ClN3O3/c1-29-22-5-3-18(15-20(22)24)27-11-9-26(10-12-27)8-6-21-19-4-2-17(23(25)28)14-16(19)7-13-30-21/h2-5,14-15,21H,6-13H2,1H3,(H2,25,28). The van der Waals surface area contributed by atoms with Crippen molar-refractivity contribution in [2.45, 2.75) is 18.9 Å². The zero-order chi connectivity index (χ0) is 21.1. The summed E-state index contributed by atoms with van der Waals surface area (Å²) in [5, 5.41) is 0.644. The molecule has 1 fully saturated rings. The second-order valence-electron chi connectivity index (χ2n) is 7.82. The van der Waals surface area contributed by atoms with Crippen LogP contribution < -0.4 is 15.4 Å². The second kappa shape index (κ2) is 9.25. The smallest absolute Gasteiger partial charge is 0.248 e. The molecule has 2 N–H and O–H groups in total. The number of nitrogens with zero attached hydrogens (tertiary/aromatic N) is 2. The van der Waals surface area contributed by atoms with Gasteiger partial charge in [-0.2, -0.15) is 0 Å². The number of primary amides is 1. The van der Waals surface area contributed by atoms with E-state index in [2.05, 4.69) is 15.9 Å². The van der Waals surface area contributed by atoms with E-state index in [1.807, 2.05) is 30.3 Å². The molecule has 1 saturated heterocycles. The monoisotopic (exact) mass is 429 g/mol. The number of benzene rings is 2. The van der Waals surface area contributed by atoms with Crippen LogP contribution in [-0.2, 0) is 11.2 Å². The number of hydrogen-bond acceptors (Lipinski definition) is 5. The van der Waals surface area contributed by atoms with Crippen LogP contribution in [0.25, 0.3) is 0 Å². The van der Waals surface area contributed by atoms with Gasteiger partial charge in [-0.1, -0.05) is 17.7 Å². The zero-order valence-electron chi connectivity index (χ0n) is 17.3. The predicted octanol–water partition coefficient (Wildman–Crippen LogP) is 3.27. The van der Waals surface area contributed by atoms with Crippen LogP contribution in [0.15, 0.2) is 36.4 Å². The van der Waals surface area contributed by atoms with E-state index in [1.54, 1.807) is 7.11 Å². The van der Waals surface area contributed by atoms with Gasteiger partial charge in [-0.3, -0.25) is 9.69 Å². The predicted molar refractivity (Wildman–Crippen MR) is 119 cm³/mol. The number of carbonyl (C=O) groups excluding carboxylic acids is 1. The van der Waals surface area contributed by atoms with Crippen LogP contribution in [0, 0.1) is 0 Å². The Bertz CT molecular complexity index is 913. The van der Waals surface area contributed by atoms with Gasteiger partial charge < -0.3 is 20.1 Å². The number of fused-ring (bicyclic) bond motifs is 1. The number of rotatable bonds is 6. The van der Waals surface area contributed by atoms with Crippen molar-refractivity contribution >= 4 is 23.2 Å². The molecule has 0 saturated carbocycles. The van der Waals surface area contributed by atoms with Crippen molar-refractivity contribution in [1.29, 1.82) is 0 Å². The zero-order valence-corrected chi connectivity index (χ0v) is 18.0. The van der Waals surface area contributed by atoms with Gasteiger partial charge in [0.2, 0.25) is 5.91 Å². The van der Waals surface area contributed by atoms with Crippen molar-refractivity contribution in [3.05, 3.63) is 58.1 Å². The van der Waals surface area contributed by atoms with Crippen molar-refractivity contribution in [2.75, 3.05) is 51.3 Å². The lowest BCUT2D eigenvalue weighted by atomic mass is 9.93. The molecule has 6 nitrogen and oxygen atoms in total. The molecule has 1 amide bonds. The minimum atomic E-state index is -0.378. The van der Waals surface area contributed by atoms with E-state index >= 15 is 0 Å². The minimum Gasteiger partial charge on any atom is -0.495 e. The summed E-state index contributed by atoms with van der Waals surface area (Å²) in [6, 6.07) is 11.7. The summed E-state index contributed by atoms with van der Waals surface area (Å²) in [7, 11) is 1.63. The molecule has 160 valence electrons. The molecule has 1 unspecified atom stereocenters. The maximum atomic E-state index is 11.4. The topological polar surface area (TPSA) is 68.0 Å². The van der Waals surface area contributed by atoms with Crippen LogP contribution >= 0.6 is 11.6 Å². The number of halogens is 1. The fourth-order valence-corrected chi connectivity index (χ4v) is 4.56. The Labute approximate surface area is 182 Å². The van der Waals surface area contributed by atoms with E-state index in [0.717, 1.165) is 51.3 Å². The summed E-state index contributed by atoms with van der Waals surface area (Å²) in [4.78, 5) is 16.3. The van der Waals surface area contributed by atoms with Crippen LogP contribution in [-0.4, -0.2) is 57.2 Å². The van der Waals surface area contributed by atoms with E-state index in [4.69, 9.17) is 26.8 Å². The molecular weight excluding hydrogens is 402 g/mol. The quantitative estimate of drug-likeness (QED) is 0.763. The number of ether oxygens (including phenoxy) is 2. The molecule has 1 atom stereocenters. The maximum absolute atomic E-state index is 11.4. The Morgan fingerprint density at radius 1 is 1.20 bits per heavy atom. The summed E-state index contributed by atoms with van der Waals surface area (Å²) < 4.78 is 11.3. The molecule has 0 spiro atoms. The lowest BCUT2D eigenvalue weighted by molar-refractivity contribution is 0.0289. The normalized spacial score (nSPS) is 19.4. The fourth-order valence-electron chi connectivity index (χ4n) is 4.31. The van der Waals surface area contributed by atoms with Gasteiger partial charge in [-0.05, 0) is 54.3 Å². The Kier molecular flexibility index (Phi) is 6.46. The third kappa shape index (κ3) is 4.56. The molecule has 4 rings (SSSR count). The van der Waals surface area contributed by atoms with Crippen molar-refractivity contribution in [2.24, 2.45) is 5.73 Å². The van der Waals surface area contributed by atoms with Crippen LogP contribution in [0.3, 0.4) is 0 Å². The van der Waals surface area contributed by atoms with Crippen LogP contribution in [0.1, 0.15) is 34.0 Å². The highest BCUT2D eigenvalue weighted by atomic mass is 35.5. The molecule has 0 aromatic heterocycles. The first-order valence-electron chi connectivity index (χ1n) is 10.4. The lowest BCUT2D eigenvalue weighted by Gasteiger charge is -2.37. The SMILES string of the molecule is COc1ccc(N2CCN(CCC3OCCc4cc(C(N)=O)ccc43)CC2)cc1Cl. The number of methoxy groups -OCH3 is 1. The lowest BCUT2D eigenvalue weighted by Crippen LogP contribution is -2.47. The minimum absolute atomic E-state index is 0.0779. The van der Waals surface area contributed by atoms with Gasteiger partial charge in [0.05, 0.1) is 24.8 Å². The first-order valence-corrected chi connectivity index (χ1v) is 10.8. The first-order chi connectivity index (χ1) is 14.5. The van der Waals surface area contributed by atoms with Gasteiger partial charge in [0.1, 0.15) is 5.75 Å². The Morgan fingerprint density at radius 3 is 2.70 bits per heavy atom. The molecule has 2 aliphatic heterocycles. The molecule has 30 heavy (non-hydrogen) atoms. The van der Waals surface area contributed by atoms with Gasteiger partial charge >= 0.3 is 0 Å². The number of anilines is 1. The first kappa shape index (κ1) is 21.0. The average Bonchev–Trinajstić information content (AvgIpc) is 2.77. The van der Waals surface area contributed by atoms with Crippen molar-refractivity contribution in [3.63, 3.8) is 0 Å². The molecular formula is C23H28ClN3O3. The molecule has 2 aromatic rings.